The number of β-amino-alcohol motifs (C(OH)–C–C–N with tert-alkyl or cyclic N) is 1. The number of aliphatic hydroxyl groups excluding tert-OH is 1. The molecule has 3 amide bonds. The summed E-state index contributed by atoms with van der Waals surface area (Å²) < 4.78 is 4.79. The number of nitrogens with one attached hydrogen (secondary N) is 3. The number of amides is 3. The number of fused-ring (bicyclic) bond motifs is 1. The maximum absolute atomic E-state index is 13.7. The van der Waals surface area contributed by atoms with E-state index in [0.717, 1.165) is 46.3 Å². The Morgan fingerprint density at radius 1 is 0.962 bits per heavy atom. The minimum absolute atomic E-state index is 0.0376. The number of carbonyl (C=O) groups is 3. The topological polar surface area (TPSA) is 157 Å². The SMILES string of the molecule is COC(=O)N[C@H](C(=O)N1CCC[C@H]1c1ncc(-c2ccc(C#Cc3ccc4nc([C@@H]5C[C@@H](O)CN5C(=O)[C@@H](C)C(C)C)[nH]c4c3)cc2)[nH]1)C(C)(C)C. The minimum Gasteiger partial charge on any atom is -0.453 e. The number of H-pyrrole nitrogens is 2. The Balaban J connectivity index is 1.14. The van der Waals surface area contributed by atoms with Gasteiger partial charge in [-0.15, -0.1) is 0 Å². The highest BCUT2D eigenvalue weighted by molar-refractivity contribution is 5.87. The van der Waals surface area contributed by atoms with Crippen LogP contribution in [0.1, 0.15) is 95.7 Å². The van der Waals surface area contributed by atoms with Gasteiger partial charge in [-0.3, -0.25) is 9.59 Å². The number of alkyl carbamates (subject to hydrolysis) is 1. The number of hydrogen-bond acceptors (Lipinski definition) is 7. The van der Waals surface area contributed by atoms with Crippen molar-refractivity contribution in [2.75, 3.05) is 20.2 Å². The first-order valence-electron chi connectivity index (χ1n) is 18.0. The number of ether oxygens (including phenoxy) is 1. The van der Waals surface area contributed by atoms with Gasteiger partial charge in [0.15, 0.2) is 0 Å². The van der Waals surface area contributed by atoms with Gasteiger partial charge < -0.3 is 34.9 Å². The van der Waals surface area contributed by atoms with Gasteiger partial charge in [-0.1, -0.05) is 65.5 Å². The highest BCUT2D eigenvalue weighted by Gasteiger charge is 2.42. The fourth-order valence-electron chi connectivity index (χ4n) is 6.96. The van der Waals surface area contributed by atoms with Crippen molar-refractivity contribution >= 4 is 28.9 Å². The Kier molecular flexibility index (Phi) is 10.5. The molecule has 12 nitrogen and oxygen atoms in total. The quantitative estimate of drug-likeness (QED) is 0.179. The molecule has 2 saturated heterocycles. The van der Waals surface area contributed by atoms with Gasteiger partial charge in [0.2, 0.25) is 11.8 Å². The maximum Gasteiger partial charge on any atom is 0.407 e. The number of hydrogen-bond donors (Lipinski definition) is 4. The van der Waals surface area contributed by atoms with Gasteiger partial charge in [-0.05, 0) is 60.1 Å². The highest BCUT2D eigenvalue weighted by atomic mass is 16.5. The predicted octanol–water partition coefficient (Wildman–Crippen LogP) is 5.71. The van der Waals surface area contributed by atoms with Gasteiger partial charge in [-0.2, -0.15) is 0 Å². The van der Waals surface area contributed by atoms with Crippen molar-refractivity contribution in [3.8, 4) is 23.1 Å². The Hall–Kier alpha value is -5.15. The van der Waals surface area contributed by atoms with Crippen molar-refractivity contribution in [3.05, 3.63) is 71.4 Å². The van der Waals surface area contributed by atoms with E-state index in [1.54, 1.807) is 16.0 Å². The number of methoxy groups -OCH3 is 1. The molecule has 4 heterocycles. The molecule has 274 valence electrons. The molecular weight excluding hydrogens is 658 g/mol. The zero-order valence-electron chi connectivity index (χ0n) is 31.0. The average molecular weight is 708 g/mol. The number of nitrogens with zero attached hydrogens (tertiary/aromatic N) is 4. The van der Waals surface area contributed by atoms with E-state index >= 15 is 0 Å². The third kappa shape index (κ3) is 7.70. The number of imidazole rings is 2. The highest BCUT2D eigenvalue weighted by Crippen LogP contribution is 2.35. The summed E-state index contributed by atoms with van der Waals surface area (Å²) in [5.41, 5.74) is 4.55. The summed E-state index contributed by atoms with van der Waals surface area (Å²) in [6.45, 7) is 12.6. The molecule has 2 aromatic carbocycles. The summed E-state index contributed by atoms with van der Waals surface area (Å²) in [7, 11) is 1.29. The van der Waals surface area contributed by atoms with E-state index in [-0.39, 0.29) is 35.7 Å². The lowest BCUT2D eigenvalue weighted by atomic mass is 9.85. The van der Waals surface area contributed by atoms with Crippen LogP contribution < -0.4 is 5.32 Å². The number of aromatic nitrogens is 4. The zero-order chi connectivity index (χ0) is 37.3. The average Bonchev–Trinajstić information content (AvgIpc) is 3.93. The van der Waals surface area contributed by atoms with Crippen LogP contribution in [0.25, 0.3) is 22.3 Å². The summed E-state index contributed by atoms with van der Waals surface area (Å²) >= 11 is 0. The summed E-state index contributed by atoms with van der Waals surface area (Å²) in [5, 5.41) is 13.2. The molecule has 0 bridgehead atoms. The van der Waals surface area contributed by atoms with E-state index in [2.05, 4.69) is 32.1 Å². The van der Waals surface area contributed by atoms with Gasteiger partial charge in [0.25, 0.3) is 0 Å². The van der Waals surface area contributed by atoms with E-state index in [0.29, 0.717) is 31.2 Å². The van der Waals surface area contributed by atoms with E-state index in [1.807, 2.05) is 84.0 Å². The molecule has 0 saturated carbocycles. The molecule has 4 N–H and O–H groups in total. The smallest absolute Gasteiger partial charge is 0.407 e. The number of likely N-dealkylation sites (tertiary alicyclic amines) is 2. The monoisotopic (exact) mass is 707 g/mol. The van der Waals surface area contributed by atoms with E-state index in [9.17, 15) is 19.5 Å². The molecule has 5 atom stereocenters. The lowest BCUT2D eigenvalue weighted by molar-refractivity contribution is -0.138. The predicted molar refractivity (Wildman–Crippen MR) is 198 cm³/mol. The number of rotatable bonds is 7. The molecule has 2 aromatic heterocycles. The summed E-state index contributed by atoms with van der Waals surface area (Å²) in [5.74, 6) is 7.83. The molecular formula is C40H49N7O5. The van der Waals surface area contributed by atoms with E-state index in [1.165, 1.54) is 7.11 Å². The number of carbonyl (C=O) groups excluding carboxylic acids is 3. The van der Waals surface area contributed by atoms with Gasteiger partial charge in [0, 0.05) is 36.6 Å². The van der Waals surface area contributed by atoms with Gasteiger partial charge in [-0.25, -0.2) is 14.8 Å². The fourth-order valence-corrected chi connectivity index (χ4v) is 6.96. The Labute approximate surface area is 304 Å². The van der Waals surface area contributed by atoms with Crippen LogP contribution in [-0.2, 0) is 14.3 Å². The standard InChI is InChI=1S/C40H49N7O5/c1-23(2)24(3)37(49)47-22-28(48)20-33(47)36-42-29-17-14-26(19-30(29)43-36)11-10-25-12-15-27(16-13-25)31-21-41-35(44-31)32-9-8-18-46(32)38(50)34(40(4,5)6)45-39(51)52-7/h12-17,19,21,23-24,28,32-34,48H,8-9,18,20,22H2,1-7H3,(H,41,44)(H,42,43)(H,45,51)/t24-,28+,32-,33-,34+/m0/s1. The first-order chi connectivity index (χ1) is 24.7. The Bertz CT molecular complexity index is 2000. The van der Waals surface area contributed by atoms with Crippen LogP contribution in [0, 0.1) is 29.1 Å². The maximum atomic E-state index is 13.7. The molecule has 0 unspecified atom stereocenters. The second kappa shape index (κ2) is 14.8. The largest absolute Gasteiger partial charge is 0.453 e. The van der Waals surface area contributed by atoms with Crippen LogP contribution in [0.15, 0.2) is 48.7 Å². The third-order valence-corrected chi connectivity index (χ3v) is 10.3. The van der Waals surface area contributed by atoms with Crippen LogP contribution in [0.2, 0.25) is 0 Å². The van der Waals surface area contributed by atoms with Gasteiger partial charge in [0.05, 0.1) is 48.2 Å². The molecule has 0 radical (unpaired) electrons. The van der Waals surface area contributed by atoms with Crippen LogP contribution in [0.5, 0.6) is 0 Å². The van der Waals surface area contributed by atoms with Crippen LogP contribution >= 0.6 is 0 Å². The fraction of sp³-hybridized carbons (Fsp3) is 0.475. The van der Waals surface area contributed by atoms with Crippen molar-refractivity contribution in [2.24, 2.45) is 17.3 Å². The third-order valence-electron chi connectivity index (χ3n) is 10.3. The van der Waals surface area contributed by atoms with E-state index < -0.39 is 23.7 Å². The molecule has 0 aliphatic carbocycles. The molecule has 4 aromatic rings. The molecule has 6 rings (SSSR count). The second-order valence-corrected chi connectivity index (χ2v) is 15.4. The Morgan fingerprint density at radius 3 is 2.37 bits per heavy atom. The summed E-state index contributed by atoms with van der Waals surface area (Å²) in [4.78, 5) is 58.7. The normalized spacial score (nSPS) is 20.1. The van der Waals surface area contributed by atoms with Crippen molar-refractivity contribution in [2.45, 2.75) is 85.0 Å². The van der Waals surface area contributed by atoms with E-state index in [4.69, 9.17) is 9.72 Å². The summed E-state index contributed by atoms with van der Waals surface area (Å²) in [6.07, 6.45) is 2.63. The summed E-state index contributed by atoms with van der Waals surface area (Å²) in [6, 6.07) is 12.4. The molecule has 2 aliphatic rings. The number of aliphatic hydroxyl groups is 1. The second-order valence-electron chi connectivity index (χ2n) is 15.4. The van der Waals surface area contributed by atoms with Crippen molar-refractivity contribution < 1.29 is 24.2 Å². The van der Waals surface area contributed by atoms with Gasteiger partial charge >= 0.3 is 6.09 Å². The molecule has 0 spiro atoms. The number of benzene rings is 2. The Morgan fingerprint density at radius 2 is 1.67 bits per heavy atom. The molecule has 52 heavy (non-hydrogen) atoms. The first-order valence-corrected chi connectivity index (χ1v) is 18.0. The molecule has 2 fully saturated rings. The van der Waals surface area contributed by atoms with Crippen LogP contribution in [0.3, 0.4) is 0 Å². The molecule has 2 aliphatic heterocycles. The minimum atomic E-state index is -0.740. The van der Waals surface area contributed by atoms with Crippen molar-refractivity contribution in [1.82, 2.24) is 35.1 Å². The number of aromatic amines is 2. The lowest BCUT2D eigenvalue weighted by Gasteiger charge is -2.35. The van der Waals surface area contributed by atoms with Crippen molar-refractivity contribution in [1.29, 1.82) is 0 Å². The van der Waals surface area contributed by atoms with Crippen molar-refractivity contribution in [3.63, 3.8) is 0 Å². The van der Waals surface area contributed by atoms with Crippen LogP contribution in [0.4, 0.5) is 4.79 Å². The lowest BCUT2D eigenvalue weighted by Crippen LogP contribution is -2.54. The zero-order valence-corrected chi connectivity index (χ0v) is 31.0. The van der Waals surface area contributed by atoms with Gasteiger partial charge in [0.1, 0.15) is 17.7 Å². The first kappa shape index (κ1) is 36.6. The van der Waals surface area contributed by atoms with Crippen LogP contribution in [-0.4, -0.2) is 85.1 Å². The molecule has 12 heteroatoms.